The molecule has 1 aromatic heterocycles. The van der Waals surface area contributed by atoms with E-state index in [9.17, 15) is 8.78 Å². The maximum absolute atomic E-state index is 11.7. The molecule has 3 nitrogen and oxygen atoms in total. The molecule has 0 saturated carbocycles. The largest absolute Gasteiger partial charge is 0.291 e. The lowest BCUT2D eigenvalue weighted by atomic mass is 10.7. The fourth-order valence-corrected chi connectivity index (χ4v) is 0.947. The van der Waals surface area contributed by atoms with Crippen molar-refractivity contribution >= 4 is 11.8 Å². The van der Waals surface area contributed by atoms with Crippen LogP contribution in [0.5, 0.6) is 0 Å². The van der Waals surface area contributed by atoms with E-state index in [1.165, 1.54) is 6.33 Å². The Bertz CT molecular complexity index is 243. The standard InChI is InChI=1S/C5H5F2N3S/c1-3-8-2-9-5(10-3)11-4(6)7/h2,4H,1H3. The number of nitrogens with zero attached hydrogens (tertiary/aromatic N) is 3. The first-order valence-corrected chi connectivity index (χ1v) is 3.67. The molecule has 1 heterocycles. The minimum absolute atomic E-state index is 0.0625. The average molecular weight is 177 g/mol. The van der Waals surface area contributed by atoms with E-state index in [2.05, 4.69) is 15.0 Å². The van der Waals surface area contributed by atoms with E-state index in [1.807, 2.05) is 0 Å². The molecule has 0 aliphatic rings. The van der Waals surface area contributed by atoms with Crippen LogP contribution in [-0.4, -0.2) is 20.7 Å². The SMILES string of the molecule is Cc1ncnc(SC(F)F)n1. The molecular weight excluding hydrogens is 172 g/mol. The van der Waals surface area contributed by atoms with Gasteiger partial charge in [0.05, 0.1) is 0 Å². The summed E-state index contributed by atoms with van der Waals surface area (Å²) >= 11 is 0.317. The fraction of sp³-hybridized carbons (Fsp3) is 0.400. The highest BCUT2D eigenvalue weighted by molar-refractivity contribution is 7.99. The van der Waals surface area contributed by atoms with Crippen LogP contribution in [0.1, 0.15) is 5.82 Å². The topological polar surface area (TPSA) is 38.7 Å². The van der Waals surface area contributed by atoms with Crippen LogP contribution in [0.15, 0.2) is 11.5 Å². The van der Waals surface area contributed by atoms with Crippen LogP contribution >= 0.6 is 11.8 Å². The molecule has 0 saturated heterocycles. The molecule has 6 heteroatoms. The molecule has 1 aromatic rings. The monoisotopic (exact) mass is 177 g/mol. The van der Waals surface area contributed by atoms with Crippen LogP contribution in [0.25, 0.3) is 0 Å². The zero-order chi connectivity index (χ0) is 8.27. The first kappa shape index (κ1) is 8.32. The van der Waals surface area contributed by atoms with Crippen molar-refractivity contribution in [2.75, 3.05) is 0 Å². The van der Waals surface area contributed by atoms with Crippen LogP contribution in [0.2, 0.25) is 0 Å². The summed E-state index contributed by atoms with van der Waals surface area (Å²) in [5, 5.41) is 0.0625. The van der Waals surface area contributed by atoms with Gasteiger partial charge < -0.3 is 0 Å². The lowest BCUT2D eigenvalue weighted by Gasteiger charge is -1.96. The van der Waals surface area contributed by atoms with Crippen molar-refractivity contribution in [2.45, 2.75) is 17.8 Å². The quantitative estimate of drug-likeness (QED) is 0.641. The van der Waals surface area contributed by atoms with E-state index >= 15 is 0 Å². The van der Waals surface area contributed by atoms with Crippen LogP contribution in [0.3, 0.4) is 0 Å². The lowest BCUT2D eigenvalue weighted by molar-refractivity contribution is 0.251. The minimum Gasteiger partial charge on any atom is -0.222 e. The summed E-state index contributed by atoms with van der Waals surface area (Å²) in [5.41, 5.74) is 0. The summed E-state index contributed by atoms with van der Waals surface area (Å²) in [6, 6.07) is 0. The normalized spacial score (nSPS) is 10.5. The van der Waals surface area contributed by atoms with Gasteiger partial charge in [-0.05, 0) is 18.7 Å². The second-order valence-electron chi connectivity index (χ2n) is 1.69. The van der Waals surface area contributed by atoms with Crippen molar-refractivity contribution < 1.29 is 8.78 Å². The highest BCUT2D eigenvalue weighted by Crippen LogP contribution is 2.20. The zero-order valence-electron chi connectivity index (χ0n) is 5.66. The van der Waals surface area contributed by atoms with Crippen LogP contribution in [-0.2, 0) is 0 Å². The zero-order valence-corrected chi connectivity index (χ0v) is 6.48. The Morgan fingerprint density at radius 2 is 2.18 bits per heavy atom. The van der Waals surface area contributed by atoms with Gasteiger partial charge in [0.1, 0.15) is 12.2 Å². The molecule has 0 spiro atoms. The summed E-state index contributed by atoms with van der Waals surface area (Å²) in [6.07, 6.45) is 1.22. The van der Waals surface area contributed by atoms with E-state index in [0.717, 1.165) is 0 Å². The highest BCUT2D eigenvalue weighted by atomic mass is 32.2. The molecule has 60 valence electrons. The van der Waals surface area contributed by atoms with Gasteiger partial charge in [-0.15, -0.1) is 0 Å². The first-order valence-electron chi connectivity index (χ1n) is 2.79. The highest BCUT2D eigenvalue weighted by Gasteiger charge is 2.07. The van der Waals surface area contributed by atoms with Crippen LogP contribution < -0.4 is 0 Å². The van der Waals surface area contributed by atoms with E-state index in [1.54, 1.807) is 6.92 Å². The second-order valence-corrected chi connectivity index (χ2v) is 2.65. The molecule has 0 N–H and O–H groups in total. The predicted molar refractivity (Wildman–Crippen MR) is 36.4 cm³/mol. The number of hydrogen-bond acceptors (Lipinski definition) is 4. The third-order valence-corrected chi connectivity index (χ3v) is 1.45. The van der Waals surface area contributed by atoms with Gasteiger partial charge in [-0.1, -0.05) is 0 Å². The van der Waals surface area contributed by atoms with Crippen LogP contribution in [0, 0.1) is 6.92 Å². The number of aromatic nitrogens is 3. The Labute approximate surface area is 66.3 Å². The Hall–Kier alpha value is -0.780. The summed E-state index contributed by atoms with van der Waals surface area (Å²) in [4.78, 5) is 10.9. The van der Waals surface area contributed by atoms with Gasteiger partial charge >= 0.3 is 0 Å². The molecule has 0 unspecified atom stereocenters. The Kier molecular flexibility index (Phi) is 2.70. The molecule has 1 rings (SSSR count). The van der Waals surface area contributed by atoms with Gasteiger partial charge in [-0.2, -0.15) is 8.78 Å². The van der Waals surface area contributed by atoms with Crippen molar-refractivity contribution in [3.8, 4) is 0 Å². The second kappa shape index (κ2) is 3.56. The predicted octanol–water partition coefficient (Wildman–Crippen LogP) is 1.49. The molecule has 0 radical (unpaired) electrons. The summed E-state index contributed by atoms with van der Waals surface area (Å²) in [5.74, 6) is -2.03. The smallest absolute Gasteiger partial charge is 0.222 e. The van der Waals surface area contributed by atoms with Gasteiger partial charge in [0.2, 0.25) is 0 Å². The lowest BCUT2D eigenvalue weighted by Crippen LogP contribution is -1.94. The van der Waals surface area contributed by atoms with Crippen molar-refractivity contribution in [1.82, 2.24) is 15.0 Å². The van der Waals surface area contributed by atoms with Crippen LogP contribution in [0.4, 0.5) is 8.78 Å². The molecule has 0 bridgehead atoms. The van der Waals surface area contributed by atoms with Gasteiger partial charge in [-0.25, -0.2) is 15.0 Å². The summed E-state index contributed by atoms with van der Waals surface area (Å²) in [6.45, 7) is 1.62. The number of rotatable bonds is 2. The fourth-order valence-electron chi connectivity index (χ4n) is 0.494. The minimum atomic E-state index is -2.48. The van der Waals surface area contributed by atoms with Crippen molar-refractivity contribution in [1.29, 1.82) is 0 Å². The van der Waals surface area contributed by atoms with E-state index < -0.39 is 5.76 Å². The average Bonchev–Trinajstić information content (AvgIpc) is 1.85. The number of thioether (sulfide) groups is 1. The summed E-state index contributed by atoms with van der Waals surface area (Å²) in [7, 11) is 0. The molecule has 11 heavy (non-hydrogen) atoms. The van der Waals surface area contributed by atoms with Gasteiger partial charge in [-0.3, -0.25) is 0 Å². The van der Waals surface area contributed by atoms with Crippen molar-refractivity contribution in [3.63, 3.8) is 0 Å². The Balaban J connectivity index is 2.71. The third-order valence-electron chi connectivity index (χ3n) is 0.865. The third kappa shape index (κ3) is 2.75. The Morgan fingerprint density at radius 3 is 2.73 bits per heavy atom. The van der Waals surface area contributed by atoms with Gasteiger partial charge in [0.15, 0.2) is 5.16 Å². The molecule has 0 aromatic carbocycles. The van der Waals surface area contributed by atoms with Gasteiger partial charge in [0.25, 0.3) is 5.76 Å². The number of halogens is 2. The van der Waals surface area contributed by atoms with E-state index in [0.29, 0.717) is 17.6 Å². The maximum atomic E-state index is 11.7. The molecule has 0 fully saturated rings. The maximum Gasteiger partial charge on any atom is 0.291 e. The summed E-state index contributed by atoms with van der Waals surface area (Å²) < 4.78 is 23.4. The Morgan fingerprint density at radius 1 is 1.45 bits per heavy atom. The van der Waals surface area contributed by atoms with Crippen molar-refractivity contribution in [2.24, 2.45) is 0 Å². The van der Waals surface area contributed by atoms with E-state index in [4.69, 9.17) is 0 Å². The molecule has 0 amide bonds. The first-order chi connectivity index (χ1) is 5.18. The molecule has 0 aliphatic carbocycles. The number of hydrogen-bond donors (Lipinski definition) is 0. The van der Waals surface area contributed by atoms with Crippen molar-refractivity contribution in [3.05, 3.63) is 12.2 Å². The molecular formula is C5H5F2N3S. The van der Waals surface area contributed by atoms with Gasteiger partial charge in [0, 0.05) is 0 Å². The molecule has 0 aliphatic heterocycles. The number of aryl methyl sites for hydroxylation is 1. The number of alkyl halides is 2. The van der Waals surface area contributed by atoms with E-state index in [-0.39, 0.29) is 5.16 Å². The molecule has 0 atom stereocenters.